The summed E-state index contributed by atoms with van der Waals surface area (Å²) in [6.07, 6.45) is 3.22. The second kappa shape index (κ2) is 9.64. The zero-order valence-electron chi connectivity index (χ0n) is 20.4. The molecule has 188 valence electrons. The van der Waals surface area contributed by atoms with Crippen LogP contribution in [0.1, 0.15) is 38.2 Å². The molecule has 0 atom stereocenters. The molecule has 3 aliphatic rings. The fourth-order valence-electron chi connectivity index (χ4n) is 5.48. The maximum atomic E-state index is 14.2. The Labute approximate surface area is 213 Å². The number of hydrogen-bond donors (Lipinski definition) is 0. The molecule has 1 saturated carbocycles. The van der Waals surface area contributed by atoms with Crippen LogP contribution in [-0.2, 0) is 16.6 Å². The Hall–Kier alpha value is -2.29. The Morgan fingerprint density at radius 2 is 1.57 bits per heavy atom. The monoisotopic (exact) mass is 516 g/mol. The van der Waals surface area contributed by atoms with E-state index in [0.29, 0.717) is 48.2 Å². The summed E-state index contributed by atoms with van der Waals surface area (Å²) in [5.41, 5.74) is 1.91. The lowest BCUT2D eigenvalue weighted by molar-refractivity contribution is 0.194. The quantitative estimate of drug-likeness (QED) is 0.584. The molecule has 1 aliphatic carbocycles. The molecule has 0 radical (unpaired) electrons. The number of piperazine rings is 1. The summed E-state index contributed by atoms with van der Waals surface area (Å²) in [6, 6.07) is 12.3. The minimum absolute atomic E-state index is 0.209. The summed E-state index contributed by atoms with van der Waals surface area (Å²) in [6.45, 7) is 5.53. The topological polar surface area (TPSA) is 64.2 Å². The van der Waals surface area contributed by atoms with Crippen LogP contribution < -0.4 is 9.80 Å². The van der Waals surface area contributed by atoms with Crippen molar-refractivity contribution in [3.8, 4) is 0 Å². The third-order valence-electron chi connectivity index (χ3n) is 7.59. The highest BCUT2D eigenvalue weighted by Crippen LogP contribution is 2.46. The third-order valence-corrected chi connectivity index (χ3v) is 9.71. The molecule has 7 nitrogen and oxygen atoms in total. The van der Waals surface area contributed by atoms with Gasteiger partial charge in [0.1, 0.15) is 4.90 Å². The minimum Gasteiger partial charge on any atom is -0.368 e. The zero-order valence-corrected chi connectivity index (χ0v) is 21.9. The van der Waals surface area contributed by atoms with Crippen molar-refractivity contribution in [3.63, 3.8) is 0 Å². The van der Waals surface area contributed by atoms with Crippen LogP contribution in [-0.4, -0.2) is 62.9 Å². The maximum absolute atomic E-state index is 14.2. The number of halogens is 1. The van der Waals surface area contributed by atoms with Gasteiger partial charge >= 0.3 is 6.03 Å². The highest BCUT2D eigenvalue weighted by atomic mass is 35.5. The van der Waals surface area contributed by atoms with Crippen molar-refractivity contribution in [1.29, 1.82) is 0 Å². The van der Waals surface area contributed by atoms with Crippen LogP contribution in [0.2, 0.25) is 5.02 Å². The standard InChI is InChI=1S/C26H33ClN4O3S/c1-19-8-10-22(11-9-19)31-26(32)30(18-20-6-4-3-5-7-20)24-17-21(27)16-23(25(24)35(31,33)34)29-14-12-28(2)13-15-29/h3-7,16-17,19,22H,8-15,18H2,1-2H3. The van der Waals surface area contributed by atoms with Gasteiger partial charge in [-0.05, 0) is 56.3 Å². The van der Waals surface area contributed by atoms with Crippen molar-refractivity contribution in [2.45, 2.75) is 50.1 Å². The third kappa shape index (κ3) is 4.63. The second-order valence-corrected chi connectivity index (χ2v) is 12.3. The first kappa shape index (κ1) is 24.4. The summed E-state index contributed by atoms with van der Waals surface area (Å²) in [7, 11) is -1.99. The van der Waals surface area contributed by atoms with E-state index in [-0.39, 0.29) is 17.5 Å². The van der Waals surface area contributed by atoms with Crippen LogP contribution in [0.3, 0.4) is 0 Å². The predicted octanol–water partition coefficient (Wildman–Crippen LogP) is 4.80. The summed E-state index contributed by atoms with van der Waals surface area (Å²) in [4.78, 5) is 20.1. The van der Waals surface area contributed by atoms with Crippen molar-refractivity contribution in [3.05, 3.63) is 53.1 Å². The number of carbonyl (C=O) groups is 1. The first-order valence-electron chi connectivity index (χ1n) is 12.4. The van der Waals surface area contributed by atoms with E-state index in [4.69, 9.17) is 11.6 Å². The van der Waals surface area contributed by atoms with Gasteiger partial charge < -0.3 is 9.80 Å². The van der Waals surface area contributed by atoms with Crippen LogP contribution in [0, 0.1) is 5.92 Å². The van der Waals surface area contributed by atoms with Gasteiger partial charge in [0.05, 0.1) is 24.0 Å². The van der Waals surface area contributed by atoms with Crippen molar-refractivity contribution < 1.29 is 13.2 Å². The molecule has 2 aromatic carbocycles. The lowest BCUT2D eigenvalue weighted by atomic mass is 9.87. The van der Waals surface area contributed by atoms with Gasteiger partial charge in [-0.2, -0.15) is 0 Å². The molecular weight excluding hydrogens is 484 g/mol. The number of nitrogens with zero attached hydrogens (tertiary/aromatic N) is 4. The Morgan fingerprint density at radius 3 is 2.23 bits per heavy atom. The predicted molar refractivity (Wildman–Crippen MR) is 140 cm³/mol. The molecule has 2 heterocycles. The van der Waals surface area contributed by atoms with Crippen LogP contribution >= 0.6 is 11.6 Å². The Kier molecular flexibility index (Phi) is 6.72. The molecule has 1 saturated heterocycles. The highest BCUT2D eigenvalue weighted by molar-refractivity contribution is 7.90. The van der Waals surface area contributed by atoms with E-state index in [2.05, 4.69) is 23.8 Å². The van der Waals surface area contributed by atoms with Crippen LogP contribution in [0.25, 0.3) is 0 Å². The number of urea groups is 1. The summed E-state index contributed by atoms with van der Waals surface area (Å²) >= 11 is 6.56. The average molecular weight is 517 g/mol. The molecule has 5 rings (SSSR count). The number of benzene rings is 2. The number of hydrogen-bond acceptors (Lipinski definition) is 5. The number of amides is 2. The second-order valence-electron chi connectivity index (χ2n) is 10.1. The van der Waals surface area contributed by atoms with E-state index >= 15 is 0 Å². The summed E-state index contributed by atoms with van der Waals surface area (Å²) in [5.74, 6) is 0.543. The lowest BCUT2D eigenvalue weighted by Gasteiger charge is -2.44. The number of fused-ring (bicyclic) bond motifs is 1. The van der Waals surface area contributed by atoms with E-state index in [1.807, 2.05) is 30.3 Å². The summed E-state index contributed by atoms with van der Waals surface area (Å²) < 4.78 is 29.7. The molecule has 9 heteroatoms. The average Bonchev–Trinajstić information content (AvgIpc) is 2.83. The van der Waals surface area contributed by atoms with Crippen molar-refractivity contribution in [1.82, 2.24) is 9.21 Å². The number of likely N-dealkylation sites (N-methyl/N-ethyl adjacent to an activating group) is 1. The van der Waals surface area contributed by atoms with Gasteiger partial charge in [0, 0.05) is 31.2 Å². The molecule has 0 unspecified atom stereocenters. The van der Waals surface area contributed by atoms with Gasteiger partial charge in [0.2, 0.25) is 0 Å². The number of carbonyl (C=O) groups excluding carboxylic acids is 1. The normalized spacial score (nSPS) is 25.0. The van der Waals surface area contributed by atoms with E-state index in [1.54, 1.807) is 17.0 Å². The van der Waals surface area contributed by atoms with Gasteiger partial charge in [-0.15, -0.1) is 0 Å². The molecule has 0 bridgehead atoms. The van der Waals surface area contributed by atoms with Gasteiger partial charge in [-0.25, -0.2) is 17.5 Å². The molecule has 0 N–H and O–H groups in total. The molecule has 2 amide bonds. The number of rotatable bonds is 4. The minimum atomic E-state index is -4.06. The first-order valence-corrected chi connectivity index (χ1v) is 14.2. The maximum Gasteiger partial charge on any atom is 0.339 e. The van der Waals surface area contributed by atoms with Crippen molar-refractivity contribution >= 4 is 39.0 Å². The SMILES string of the molecule is CC1CCC(N2C(=O)N(Cc3ccccc3)c3cc(Cl)cc(N4CCN(C)CC4)c3S2(=O)=O)CC1. The highest BCUT2D eigenvalue weighted by Gasteiger charge is 2.47. The summed E-state index contributed by atoms with van der Waals surface area (Å²) in [5, 5.41) is 0.429. The van der Waals surface area contributed by atoms with E-state index in [9.17, 15) is 13.2 Å². The molecule has 2 aromatic rings. The molecule has 2 fully saturated rings. The van der Waals surface area contributed by atoms with Crippen LogP contribution in [0.4, 0.5) is 16.2 Å². The Balaban J connectivity index is 1.65. The van der Waals surface area contributed by atoms with E-state index in [1.165, 1.54) is 4.31 Å². The number of anilines is 2. The molecule has 2 aliphatic heterocycles. The van der Waals surface area contributed by atoms with Crippen molar-refractivity contribution in [2.24, 2.45) is 5.92 Å². The lowest BCUT2D eigenvalue weighted by Crippen LogP contribution is -2.55. The molecule has 35 heavy (non-hydrogen) atoms. The van der Waals surface area contributed by atoms with Crippen LogP contribution in [0.5, 0.6) is 0 Å². The first-order chi connectivity index (χ1) is 16.8. The fourth-order valence-corrected chi connectivity index (χ4v) is 7.68. The van der Waals surface area contributed by atoms with Gasteiger partial charge in [0.15, 0.2) is 0 Å². The molecule has 0 aromatic heterocycles. The molecular formula is C26H33ClN4O3S. The van der Waals surface area contributed by atoms with Crippen molar-refractivity contribution in [2.75, 3.05) is 43.0 Å². The van der Waals surface area contributed by atoms with E-state index in [0.717, 1.165) is 31.5 Å². The van der Waals surface area contributed by atoms with Gasteiger partial charge in [-0.1, -0.05) is 48.9 Å². The smallest absolute Gasteiger partial charge is 0.339 e. The van der Waals surface area contributed by atoms with Crippen LogP contribution in [0.15, 0.2) is 47.4 Å². The molecule has 0 spiro atoms. The zero-order chi connectivity index (χ0) is 24.7. The number of sulfonamides is 1. The Bertz CT molecular complexity index is 1190. The van der Waals surface area contributed by atoms with E-state index < -0.39 is 16.1 Å². The van der Waals surface area contributed by atoms with Gasteiger partial charge in [-0.3, -0.25) is 4.90 Å². The largest absolute Gasteiger partial charge is 0.368 e. The fraction of sp³-hybridized carbons (Fsp3) is 0.500. The Morgan fingerprint density at radius 1 is 0.943 bits per heavy atom. The van der Waals surface area contributed by atoms with Gasteiger partial charge in [0.25, 0.3) is 10.0 Å².